The van der Waals surface area contributed by atoms with Gasteiger partial charge in [0.1, 0.15) is 0 Å². The second-order valence-electron chi connectivity index (χ2n) is 6.25. The van der Waals surface area contributed by atoms with Gasteiger partial charge in [0.25, 0.3) is 0 Å². The molecule has 0 saturated carbocycles. The van der Waals surface area contributed by atoms with Gasteiger partial charge in [-0.3, -0.25) is 0 Å². The minimum Gasteiger partial charge on any atom is -0.409 e. The fourth-order valence-corrected chi connectivity index (χ4v) is 2.79. The highest BCUT2D eigenvalue weighted by Gasteiger charge is 2.30. The van der Waals surface area contributed by atoms with Crippen molar-refractivity contribution in [1.29, 1.82) is 0 Å². The first-order valence-electron chi connectivity index (χ1n) is 7.48. The van der Waals surface area contributed by atoms with Gasteiger partial charge in [0.05, 0.1) is 11.3 Å². The average Bonchev–Trinajstić information content (AvgIpc) is 2.50. The number of rotatable bonds is 3. The van der Waals surface area contributed by atoms with Crippen molar-refractivity contribution in [2.24, 2.45) is 16.3 Å². The summed E-state index contributed by atoms with van der Waals surface area (Å²) in [6.45, 7) is 10.2. The predicted molar refractivity (Wildman–Crippen MR) is 83.9 cm³/mol. The third kappa shape index (κ3) is 2.94. The number of piperidine rings is 1. The summed E-state index contributed by atoms with van der Waals surface area (Å²) >= 11 is 0. The highest BCUT2D eigenvalue weighted by Crippen LogP contribution is 2.36. The number of aryl methyl sites for hydroxylation is 1. The van der Waals surface area contributed by atoms with E-state index in [1.807, 2.05) is 13.8 Å². The maximum absolute atomic E-state index is 9.04. The number of amidine groups is 1. The smallest absolute Gasteiger partial charge is 0.174 e. The van der Waals surface area contributed by atoms with Crippen LogP contribution in [0.15, 0.2) is 5.16 Å². The van der Waals surface area contributed by atoms with Gasteiger partial charge in [-0.05, 0) is 37.7 Å². The van der Waals surface area contributed by atoms with E-state index in [1.165, 1.54) is 6.42 Å². The molecule has 0 aromatic carbocycles. The van der Waals surface area contributed by atoms with E-state index >= 15 is 0 Å². The molecule has 0 radical (unpaired) electrons. The fraction of sp³-hybridized carbons (Fsp3) is 0.667. The number of oxime groups is 1. The third-order valence-electron chi connectivity index (χ3n) is 4.92. The largest absolute Gasteiger partial charge is 0.409 e. The molecule has 1 fully saturated rings. The van der Waals surface area contributed by atoms with Crippen molar-refractivity contribution in [3.05, 3.63) is 16.8 Å². The maximum Gasteiger partial charge on any atom is 0.174 e. The zero-order valence-corrected chi connectivity index (χ0v) is 13.3. The van der Waals surface area contributed by atoms with Crippen LogP contribution in [-0.2, 0) is 0 Å². The molecule has 1 aromatic rings. The predicted octanol–water partition coefficient (Wildman–Crippen LogP) is 2.20. The lowest BCUT2D eigenvalue weighted by Gasteiger charge is -2.39. The summed E-state index contributed by atoms with van der Waals surface area (Å²) in [5.41, 5.74) is 8.68. The molecule has 1 aromatic heterocycles. The SMILES string of the molecule is CCC1(C)CCN(c2nnc(C)c(C)c2C(N)=NO)CC1. The van der Waals surface area contributed by atoms with Crippen LogP contribution in [0.25, 0.3) is 0 Å². The Bertz CT molecular complexity index is 547. The molecule has 0 amide bonds. The van der Waals surface area contributed by atoms with E-state index in [1.54, 1.807) is 0 Å². The molecular formula is C15H25N5O. The molecule has 2 rings (SSSR count). The Morgan fingerprint density at radius 1 is 1.33 bits per heavy atom. The van der Waals surface area contributed by atoms with Gasteiger partial charge in [-0.2, -0.15) is 5.10 Å². The van der Waals surface area contributed by atoms with Crippen LogP contribution in [0.3, 0.4) is 0 Å². The molecule has 21 heavy (non-hydrogen) atoms. The molecule has 0 aliphatic carbocycles. The van der Waals surface area contributed by atoms with E-state index in [0.717, 1.165) is 43.0 Å². The average molecular weight is 291 g/mol. The standard InChI is InChI=1S/C15H25N5O/c1-5-15(4)6-8-20(9-7-15)14-12(13(16)19-21)10(2)11(3)17-18-14/h21H,5-9H2,1-4H3,(H2,16,19). The van der Waals surface area contributed by atoms with Crippen LogP contribution in [0.1, 0.15) is 49.9 Å². The first kappa shape index (κ1) is 15.5. The van der Waals surface area contributed by atoms with Crippen molar-refractivity contribution < 1.29 is 5.21 Å². The van der Waals surface area contributed by atoms with Crippen molar-refractivity contribution in [1.82, 2.24) is 10.2 Å². The van der Waals surface area contributed by atoms with Gasteiger partial charge in [-0.25, -0.2) is 0 Å². The second-order valence-corrected chi connectivity index (χ2v) is 6.25. The Morgan fingerprint density at radius 3 is 2.48 bits per heavy atom. The molecule has 0 unspecified atom stereocenters. The number of hydrogen-bond acceptors (Lipinski definition) is 5. The van der Waals surface area contributed by atoms with E-state index in [4.69, 9.17) is 10.9 Å². The number of nitrogens with two attached hydrogens (primary N) is 1. The van der Waals surface area contributed by atoms with Crippen LogP contribution < -0.4 is 10.6 Å². The van der Waals surface area contributed by atoms with Crippen LogP contribution >= 0.6 is 0 Å². The zero-order chi connectivity index (χ0) is 15.6. The Balaban J connectivity index is 2.35. The number of hydrogen-bond donors (Lipinski definition) is 2. The summed E-state index contributed by atoms with van der Waals surface area (Å²) in [7, 11) is 0. The highest BCUT2D eigenvalue weighted by atomic mass is 16.4. The van der Waals surface area contributed by atoms with Gasteiger partial charge in [0.15, 0.2) is 11.7 Å². The Labute approximate surface area is 126 Å². The first-order chi connectivity index (χ1) is 9.91. The minimum absolute atomic E-state index is 0.101. The lowest BCUT2D eigenvalue weighted by Crippen LogP contribution is -2.40. The zero-order valence-electron chi connectivity index (χ0n) is 13.3. The molecule has 1 aliphatic rings. The second kappa shape index (κ2) is 5.87. The third-order valence-corrected chi connectivity index (χ3v) is 4.92. The number of nitrogens with zero attached hydrogens (tertiary/aromatic N) is 4. The van der Waals surface area contributed by atoms with Crippen LogP contribution in [-0.4, -0.2) is 34.3 Å². The molecule has 3 N–H and O–H groups in total. The fourth-order valence-electron chi connectivity index (χ4n) is 2.79. The summed E-state index contributed by atoms with van der Waals surface area (Å²) in [6.07, 6.45) is 3.42. The van der Waals surface area contributed by atoms with Crippen LogP contribution in [0.5, 0.6) is 0 Å². The monoisotopic (exact) mass is 291 g/mol. The topological polar surface area (TPSA) is 87.6 Å². The van der Waals surface area contributed by atoms with Crippen LogP contribution in [0.2, 0.25) is 0 Å². The minimum atomic E-state index is 0.101. The molecule has 116 valence electrons. The van der Waals surface area contributed by atoms with Crippen molar-refractivity contribution in [3.63, 3.8) is 0 Å². The van der Waals surface area contributed by atoms with E-state index in [0.29, 0.717) is 11.0 Å². The Hall–Kier alpha value is -1.85. The summed E-state index contributed by atoms with van der Waals surface area (Å²) in [4.78, 5) is 2.20. The Kier molecular flexibility index (Phi) is 4.34. The van der Waals surface area contributed by atoms with Gasteiger partial charge in [0.2, 0.25) is 0 Å². The van der Waals surface area contributed by atoms with Crippen molar-refractivity contribution >= 4 is 11.7 Å². The molecule has 0 atom stereocenters. The van der Waals surface area contributed by atoms with Crippen molar-refractivity contribution in [2.75, 3.05) is 18.0 Å². The maximum atomic E-state index is 9.04. The van der Waals surface area contributed by atoms with E-state index in [-0.39, 0.29) is 5.84 Å². The highest BCUT2D eigenvalue weighted by molar-refractivity contribution is 6.02. The van der Waals surface area contributed by atoms with Gasteiger partial charge in [-0.1, -0.05) is 25.4 Å². The van der Waals surface area contributed by atoms with Gasteiger partial charge >= 0.3 is 0 Å². The number of anilines is 1. The first-order valence-corrected chi connectivity index (χ1v) is 7.48. The quantitative estimate of drug-likeness (QED) is 0.386. The molecule has 0 spiro atoms. The van der Waals surface area contributed by atoms with Gasteiger partial charge in [0, 0.05) is 13.1 Å². The van der Waals surface area contributed by atoms with Gasteiger partial charge in [-0.15, -0.1) is 5.10 Å². The Morgan fingerprint density at radius 2 is 1.95 bits per heavy atom. The summed E-state index contributed by atoms with van der Waals surface area (Å²) in [6, 6.07) is 0. The van der Waals surface area contributed by atoms with Gasteiger partial charge < -0.3 is 15.8 Å². The van der Waals surface area contributed by atoms with Crippen LogP contribution in [0.4, 0.5) is 5.82 Å². The van der Waals surface area contributed by atoms with Crippen LogP contribution in [0, 0.1) is 19.3 Å². The van der Waals surface area contributed by atoms with Crippen molar-refractivity contribution in [3.8, 4) is 0 Å². The van der Waals surface area contributed by atoms with Crippen molar-refractivity contribution in [2.45, 2.75) is 47.0 Å². The molecule has 2 heterocycles. The molecular weight excluding hydrogens is 266 g/mol. The number of aromatic nitrogens is 2. The summed E-state index contributed by atoms with van der Waals surface area (Å²) < 4.78 is 0. The summed E-state index contributed by atoms with van der Waals surface area (Å²) in [5, 5.41) is 20.7. The molecule has 6 nitrogen and oxygen atoms in total. The molecule has 1 saturated heterocycles. The lowest BCUT2D eigenvalue weighted by atomic mass is 9.78. The molecule has 0 bridgehead atoms. The van der Waals surface area contributed by atoms with E-state index in [9.17, 15) is 0 Å². The molecule has 1 aliphatic heterocycles. The van der Waals surface area contributed by atoms with E-state index in [2.05, 4.69) is 34.1 Å². The lowest BCUT2D eigenvalue weighted by molar-refractivity contribution is 0.237. The normalized spacial score (nSPS) is 18.9. The van der Waals surface area contributed by atoms with E-state index < -0.39 is 0 Å². The molecule has 6 heteroatoms. The summed E-state index contributed by atoms with van der Waals surface area (Å²) in [5.74, 6) is 0.830.